The first-order chi connectivity index (χ1) is 8.66. The fourth-order valence-corrected chi connectivity index (χ4v) is 2.61. The Morgan fingerprint density at radius 2 is 2.00 bits per heavy atom. The predicted molar refractivity (Wildman–Crippen MR) is 79.1 cm³/mol. The van der Waals surface area contributed by atoms with Crippen molar-refractivity contribution in [2.75, 3.05) is 13.6 Å². The number of nitrogens with zero attached hydrogens (tertiary/aromatic N) is 1. The van der Waals surface area contributed by atoms with Gasteiger partial charge in [0, 0.05) is 28.5 Å². The molecule has 18 heavy (non-hydrogen) atoms. The summed E-state index contributed by atoms with van der Waals surface area (Å²) in [7, 11) is 1.85. The summed E-state index contributed by atoms with van der Waals surface area (Å²) in [5.74, 6) is 0.0686. The molecule has 1 heterocycles. The van der Waals surface area contributed by atoms with Gasteiger partial charge in [-0.25, -0.2) is 0 Å². The molecule has 1 aromatic carbocycles. The van der Waals surface area contributed by atoms with E-state index in [0.29, 0.717) is 0 Å². The summed E-state index contributed by atoms with van der Waals surface area (Å²) < 4.78 is 0.986. The topological polar surface area (TPSA) is 20.3 Å². The average molecular weight is 324 g/mol. The van der Waals surface area contributed by atoms with Gasteiger partial charge in [-0.2, -0.15) is 0 Å². The van der Waals surface area contributed by atoms with Gasteiger partial charge in [0.2, 0.25) is 0 Å². The molecule has 1 aromatic heterocycles. The molecule has 0 bridgehead atoms. The molecule has 0 unspecified atom stereocenters. The van der Waals surface area contributed by atoms with Crippen LogP contribution in [0.5, 0.6) is 0 Å². The quantitative estimate of drug-likeness (QED) is 0.837. The first-order valence-electron chi connectivity index (χ1n) is 5.70. The second kappa shape index (κ2) is 6.16. The maximum atomic E-state index is 12.1. The average Bonchev–Trinajstić information content (AvgIpc) is 2.89. The van der Waals surface area contributed by atoms with Gasteiger partial charge >= 0.3 is 0 Å². The summed E-state index contributed by atoms with van der Waals surface area (Å²) in [5, 5.41) is 2.06. The minimum atomic E-state index is 0.0686. The van der Waals surface area contributed by atoms with Crippen LogP contribution in [0.2, 0.25) is 0 Å². The molecule has 0 spiro atoms. The summed E-state index contributed by atoms with van der Waals surface area (Å²) in [4.78, 5) is 15.2. The van der Waals surface area contributed by atoms with Gasteiger partial charge < -0.3 is 4.90 Å². The van der Waals surface area contributed by atoms with Gasteiger partial charge in [0.1, 0.15) is 0 Å². The highest BCUT2D eigenvalue weighted by molar-refractivity contribution is 9.10. The van der Waals surface area contributed by atoms with E-state index in [1.165, 1.54) is 4.88 Å². The van der Waals surface area contributed by atoms with Crippen LogP contribution in [0.15, 0.2) is 46.3 Å². The van der Waals surface area contributed by atoms with Crippen molar-refractivity contribution >= 4 is 33.2 Å². The molecule has 0 N–H and O–H groups in total. The Morgan fingerprint density at radius 1 is 1.28 bits per heavy atom. The van der Waals surface area contributed by atoms with Crippen molar-refractivity contribution < 1.29 is 4.79 Å². The van der Waals surface area contributed by atoms with Crippen LogP contribution < -0.4 is 0 Å². The zero-order valence-corrected chi connectivity index (χ0v) is 12.5. The van der Waals surface area contributed by atoms with Crippen molar-refractivity contribution in [2.24, 2.45) is 0 Å². The Balaban J connectivity index is 1.94. The first kappa shape index (κ1) is 13.3. The number of benzene rings is 1. The van der Waals surface area contributed by atoms with E-state index in [0.717, 1.165) is 23.0 Å². The zero-order valence-electron chi connectivity index (χ0n) is 10.1. The SMILES string of the molecule is CN(CCc1cccs1)C(=O)c1ccc(Br)cc1. The lowest BCUT2D eigenvalue weighted by atomic mass is 10.2. The molecule has 0 aliphatic heterocycles. The Kier molecular flexibility index (Phi) is 4.55. The first-order valence-corrected chi connectivity index (χ1v) is 7.37. The van der Waals surface area contributed by atoms with Crippen LogP contribution in [0.25, 0.3) is 0 Å². The van der Waals surface area contributed by atoms with Crippen LogP contribution in [0.3, 0.4) is 0 Å². The van der Waals surface area contributed by atoms with Gasteiger partial charge in [-0.3, -0.25) is 4.79 Å². The molecule has 94 valence electrons. The van der Waals surface area contributed by atoms with E-state index in [1.54, 1.807) is 16.2 Å². The van der Waals surface area contributed by atoms with E-state index in [1.807, 2.05) is 37.4 Å². The lowest BCUT2D eigenvalue weighted by Gasteiger charge is -2.16. The molecular formula is C14H14BrNOS. The summed E-state index contributed by atoms with van der Waals surface area (Å²) in [6.07, 6.45) is 0.913. The molecule has 4 heteroatoms. The van der Waals surface area contributed by atoms with Crippen LogP contribution in [-0.4, -0.2) is 24.4 Å². The van der Waals surface area contributed by atoms with Crippen molar-refractivity contribution in [3.63, 3.8) is 0 Å². The number of rotatable bonds is 4. The molecule has 2 nitrogen and oxygen atoms in total. The molecule has 2 rings (SSSR count). The molecule has 1 amide bonds. The van der Waals surface area contributed by atoms with Gasteiger partial charge in [0.25, 0.3) is 5.91 Å². The van der Waals surface area contributed by atoms with Gasteiger partial charge in [0.05, 0.1) is 0 Å². The van der Waals surface area contributed by atoms with E-state index in [2.05, 4.69) is 27.4 Å². The van der Waals surface area contributed by atoms with E-state index < -0.39 is 0 Å². The zero-order chi connectivity index (χ0) is 13.0. The maximum Gasteiger partial charge on any atom is 0.253 e. The Labute approximate surface area is 119 Å². The van der Waals surface area contributed by atoms with Crippen molar-refractivity contribution in [3.05, 3.63) is 56.7 Å². The van der Waals surface area contributed by atoms with Crippen LogP contribution in [0.4, 0.5) is 0 Å². The number of thiophene rings is 1. The summed E-state index contributed by atoms with van der Waals surface area (Å²) in [6.45, 7) is 0.745. The second-order valence-corrected chi connectivity index (χ2v) is 6.01. The number of halogens is 1. The Hall–Kier alpha value is -1.13. The third kappa shape index (κ3) is 3.43. The lowest BCUT2D eigenvalue weighted by Crippen LogP contribution is -2.28. The standard InChI is InChI=1S/C14H14BrNOS/c1-16(9-8-13-3-2-10-18-13)14(17)11-4-6-12(15)7-5-11/h2-7,10H,8-9H2,1H3. The molecule has 0 aliphatic carbocycles. The molecule has 2 aromatic rings. The van der Waals surface area contributed by atoms with Crippen molar-refractivity contribution in [3.8, 4) is 0 Å². The molecule has 0 saturated carbocycles. The minimum absolute atomic E-state index is 0.0686. The van der Waals surface area contributed by atoms with E-state index in [-0.39, 0.29) is 5.91 Å². The molecule has 0 aliphatic rings. The number of carbonyl (C=O) groups is 1. The smallest absolute Gasteiger partial charge is 0.253 e. The summed E-state index contributed by atoms with van der Waals surface area (Å²) in [5.41, 5.74) is 0.729. The fraction of sp³-hybridized carbons (Fsp3) is 0.214. The summed E-state index contributed by atoms with van der Waals surface area (Å²) >= 11 is 5.10. The number of amides is 1. The normalized spacial score (nSPS) is 10.3. The summed E-state index contributed by atoms with van der Waals surface area (Å²) in [6, 6.07) is 11.6. The molecule has 0 atom stereocenters. The molecular weight excluding hydrogens is 310 g/mol. The van der Waals surface area contributed by atoms with Crippen molar-refractivity contribution in [1.82, 2.24) is 4.90 Å². The third-order valence-corrected chi connectivity index (χ3v) is 4.18. The highest BCUT2D eigenvalue weighted by atomic mass is 79.9. The largest absolute Gasteiger partial charge is 0.341 e. The number of hydrogen-bond donors (Lipinski definition) is 0. The van der Waals surface area contributed by atoms with Crippen LogP contribution in [-0.2, 0) is 6.42 Å². The minimum Gasteiger partial charge on any atom is -0.341 e. The van der Waals surface area contributed by atoms with E-state index in [9.17, 15) is 4.79 Å². The van der Waals surface area contributed by atoms with E-state index in [4.69, 9.17) is 0 Å². The van der Waals surface area contributed by atoms with Crippen LogP contribution in [0.1, 0.15) is 15.2 Å². The highest BCUT2D eigenvalue weighted by Crippen LogP contribution is 2.13. The maximum absolute atomic E-state index is 12.1. The van der Waals surface area contributed by atoms with E-state index >= 15 is 0 Å². The van der Waals surface area contributed by atoms with Gasteiger partial charge in [-0.15, -0.1) is 11.3 Å². The van der Waals surface area contributed by atoms with Gasteiger partial charge in [0.15, 0.2) is 0 Å². The number of carbonyl (C=O) groups excluding carboxylic acids is 1. The number of hydrogen-bond acceptors (Lipinski definition) is 2. The molecule has 0 radical (unpaired) electrons. The van der Waals surface area contributed by atoms with Gasteiger partial charge in [-0.05, 0) is 42.1 Å². The highest BCUT2D eigenvalue weighted by Gasteiger charge is 2.11. The van der Waals surface area contributed by atoms with Crippen molar-refractivity contribution in [2.45, 2.75) is 6.42 Å². The monoisotopic (exact) mass is 323 g/mol. The number of likely N-dealkylation sites (N-methyl/N-ethyl adjacent to an activating group) is 1. The van der Waals surface area contributed by atoms with Crippen LogP contribution in [0, 0.1) is 0 Å². The molecule has 0 saturated heterocycles. The fourth-order valence-electron chi connectivity index (χ4n) is 1.65. The Morgan fingerprint density at radius 3 is 2.61 bits per heavy atom. The predicted octanol–water partition coefficient (Wildman–Crippen LogP) is 3.83. The second-order valence-electron chi connectivity index (χ2n) is 4.06. The molecule has 0 fully saturated rings. The van der Waals surface area contributed by atoms with Crippen molar-refractivity contribution in [1.29, 1.82) is 0 Å². The van der Waals surface area contributed by atoms with Crippen LogP contribution >= 0.6 is 27.3 Å². The lowest BCUT2D eigenvalue weighted by molar-refractivity contribution is 0.0797. The van der Waals surface area contributed by atoms with Gasteiger partial charge in [-0.1, -0.05) is 22.0 Å². The Bertz CT molecular complexity index is 507. The third-order valence-electron chi connectivity index (χ3n) is 2.71.